The molecule has 5 heteroatoms. The summed E-state index contributed by atoms with van der Waals surface area (Å²) in [4.78, 5) is 7.38. The number of aromatic nitrogens is 2. The van der Waals surface area contributed by atoms with E-state index in [-0.39, 0.29) is 11.6 Å². The number of phenols is 1. The Bertz CT molecular complexity index is 736. The number of aromatic hydroxyl groups is 1. The molecule has 0 atom stereocenters. The van der Waals surface area contributed by atoms with Gasteiger partial charge in [0.1, 0.15) is 17.4 Å². The molecule has 0 bridgehead atoms. The number of aromatic amines is 1. The average molecular weight is 243 g/mol. The number of hydrogen-bond donors (Lipinski definition) is 3. The number of nitrogens with two attached hydrogens (primary N) is 1. The molecule has 0 aliphatic carbocycles. The highest BCUT2D eigenvalue weighted by Crippen LogP contribution is 2.27. The van der Waals surface area contributed by atoms with Gasteiger partial charge in [0.2, 0.25) is 0 Å². The molecular weight excluding hydrogens is 233 g/mol. The summed E-state index contributed by atoms with van der Waals surface area (Å²) < 4.78 is 13.0. The number of nitrogens with one attached hydrogen (secondary N) is 1. The van der Waals surface area contributed by atoms with E-state index in [1.165, 1.54) is 12.1 Å². The van der Waals surface area contributed by atoms with Gasteiger partial charge in [-0.2, -0.15) is 0 Å². The van der Waals surface area contributed by atoms with Crippen LogP contribution in [-0.4, -0.2) is 15.1 Å². The lowest BCUT2D eigenvalue weighted by Gasteiger charge is -2.01. The fourth-order valence-corrected chi connectivity index (χ4v) is 1.87. The normalized spacial score (nSPS) is 10.9. The number of nitrogens with zero attached hydrogens (tertiary/aromatic N) is 1. The minimum atomic E-state index is -0.384. The molecule has 0 fully saturated rings. The van der Waals surface area contributed by atoms with Crippen molar-refractivity contribution in [3.05, 3.63) is 42.2 Å². The molecule has 0 amide bonds. The summed E-state index contributed by atoms with van der Waals surface area (Å²) in [5.74, 6) is 0.322. The van der Waals surface area contributed by atoms with E-state index in [4.69, 9.17) is 5.73 Å². The Morgan fingerprint density at radius 1 is 1.17 bits per heavy atom. The molecule has 0 spiro atoms. The van der Waals surface area contributed by atoms with Crippen molar-refractivity contribution in [2.45, 2.75) is 0 Å². The van der Waals surface area contributed by atoms with Gasteiger partial charge in [-0.1, -0.05) is 0 Å². The lowest BCUT2D eigenvalue weighted by molar-refractivity contribution is 0.476. The second-order valence-electron chi connectivity index (χ2n) is 4.02. The number of phenolic OH excluding ortho intramolecular Hbond substituents is 1. The van der Waals surface area contributed by atoms with Gasteiger partial charge in [0.05, 0.1) is 11.0 Å². The third-order valence-electron chi connectivity index (χ3n) is 2.73. The van der Waals surface area contributed by atoms with Crippen molar-refractivity contribution >= 4 is 16.7 Å². The predicted molar refractivity (Wildman–Crippen MR) is 67.6 cm³/mol. The quantitative estimate of drug-likeness (QED) is 0.575. The number of halogens is 1. The van der Waals surface area contributed by atoms with Crippen LogP contribution in [-0.2, 0) is 0 Å². The maximum Gasteiger partial charge on any atom is 0.140 e. The smallest absolute Gasteiger partial charge is 0.140 e. The molecule has 90 valence electrons. The average Bonchev–Trinajstić information content (AvgIpc) is 2.71. The Morgan fingerprint density at radius 2 is 2.00 bits per heavy atom. The van der Waals surface area contributed by atoms with Crippen molar-refractivity contribution in [2.75, 3.05) is 5.73 Å². The van der Waals surface area contributed by atoms with Gasteiger partial charge in [0.25, 0.3) is 0 Å². The van der Waals surface area contributed by atoms with Crippen molar-refractivity contribution in [1.29, 1.82) is 0 Å². The summed E-state index contributed by atoms with van der Waals surface area (Å²) in [7, 11) is 0. The van der Waals surface area contributed by atoms with Crippen LogP contribution in [0.15, 0.2) is 36.4 Å². The third kappa shape index (κ3) is 1.66. The van der Waals surface area contributed by atoms with Crippen molar-refractivity contribution in [2.24, 2.45) is 0 Å². The van der Waals surface area contributed by atoms with Crippen LogP contribution in [0.5, 0.6) is 5.75 Å². The molecule has 0 aliphatic rings. The Hall–Kier alpha value is -2.56. The first-order chi connectivity index (χ1) is 8.63. The van der Waals surface area contributed by atoms with Crippen molar-refractivity contribution < 1.29 is 9.50 Å². The highest BCUT2D eigenvalue weighted by Gasteiger charge is 2.09. The number of imidazole rings is 1. The van der Waals surface area contributed by atoms with Gasteiger partial charge in [-0.25, -0.2) is 9.37 Å². The van der Waals surface area contributed by atoms with Crippen LogP contribution in [0.4, 0.5) is 10.1 Å². The van der Waals surface area contributed by atoms with Gasteiger partial charge in [-0.05, 0) is 30.3 Å². The molecule has 2 aromatic carbocycles. The van der Waals surface area contributed by atoms with Crippen molar-refractivity contribution in [3.63, 3.8) is 0 Å². The molecule has 0 saturated heterocycles. The van der Waals surface area contributed by atoms with Gasteiger partial charge in [-0.3, -0.25) is 0 Å². The standard InChI is InChI=1S/C13H10FN3O/c14-7-1-3-9(10(15)5-7)13-16-11-4-2-8(18)6-12(11)17-13/h1-6,18H,15H2,(H,16,17). The monoisotopic (exact) mass is 243 g/mol. The number of H-pyrrole nitrogens is 1. The van der Waals surface area contributed by atoms with E-state index in [9.17, 15) is 9.50 Å². The number of benzene rings is 2. The fourth-order valence-electron chi connectivity index (χ4n) is 1.87. The van der Waals surface area contributed by atoms with E-state index in [1.807, 2.05) is 0 Å². The Morgan fingerprint density at radius 3 is 2.78 bits per heavy atom. The lowest BCUT2D eigenvalue weighted by Crippen LogP contribution is -1.92. The summed E-state index contributed by atoms with van der Waals surface area (Å²) in [6, 6.07) is 8.98. The number of fused-ring (bicyclic) bond motifs is 1. The fraction of sp³-hybridized carbons (Fsp3) is 0. The SMILES string of the molecule is Nc1cc(F)ccc1-c1nc2ccc(O)cc2[nH]1. The maximum atomic E-state index is 13.0. The van der Waals surface area contributed by atoms with E-state index in [1.54, 1.807) is 24.3 Å². The molecule has 0 unspecified atom stereocenters. The van der Waals surface area contributed by atoms with Crippen LogP contribution in [0.3, 0.4) is 0 Å². The predicted octanol–water partition coefficient (Wildman–Crippen LogP) is 2.66. The first-order valence-electron chi connectivity index (χ1n) is 5.37. The van der Waals surface area contributed by atoms with Gasteiger partial charge >= 0.3 is 0 Å². The lowest BCUT2D eigenvalue weighted by atomic mass is 10.1. The van der Waals surface area contributed by atoms with Crippen LogP contribution in [0.2, 0.25) is 0 Å². The summed E-state index contributed by atoms with van der Waals surface area (Å²) in [6.07, 6.45) is 0. The highest BCUT2D eigenvalue weighted by atomic mass is 19.1. The van der Waals surface area contributed by atoms with Crippen LogP contribution in [0, 0.1) is 5.82 Å². The molecule has 0 aliphatic heterocycles. The molecule has 0 radical (unpaired) electrons. The number of rotatable bonds is 1. The number of anilines is 1. The van der Waals surface area contributed by atoms with Crippen molar-refractivity contribution in [1.82, 2.24) is 9.97 Å². The first kappa shape index (κ1) is 10.6. The zero-order valence-corrected chi connectivity index (χ0v) is 9.31. The molecule has 3 aromatic rings. The highest BCUT2D eigenvalue weighted by molar-refractivity contribution is 5.83. The van der Waals surface area contributed by atoms with Gasteiger partial charge in [0, 0.05) is 17.3 Å². The number of hydrogen-bond acceptors (Lipinski definition) is 3. The first-order valence-corrected chi connectivity index (χ1v) is 5.37. The Kier molecular flexibility index (Phi) is 2.19. The topological polar surface area (TPSA) is 74.9 Å². The molecule has 4 N–H and O–H groups in total. The largest absolute Gasteiger partial charge is 0.508 e. The minimum Gasteiger partial charge on any atom is -0.508 e. The Labute approximate surface area is 102 Å². The maximum absolute atomic E-state index is 13.0. The zero-order chi connectivity index (χ0) is 12.7. The van der Waals surface area contributed by atoms with Crippen LogP contribution in [0.25, 0.3) is 22.4 Å². The second kappa shape index (κ2) is 3.73. The van der Waals surface area contributed by atoms with Gasteiger partial charge in [0.15, 0.2) is 0 Å². The molecule has 4 nitrogen and oxygen atoms in total. The summed E-state index contributed by atoms with van der Waals surface area (Å²) in [6.45, 7) is 0. The van der Waals surface area contributed by atoms with Crippen LogP contribution < -0.4 is 5.73 Å². The second-order valence-corrected chi connectivity index (χ2v) is 4.02. The van der Waals surface area contributed by atoms with Crippen LogP contribution in [0.1, 0.15) is 0 Å². The summed E-state index contributed by atoms with van der Waals surface area (Å²) in [5, 5.41) is 9.38. The number of nitrogen functional groups attached to an aromatic ring is 1. The molecular formula is C13H10FN3O. The van der Waals surface area contributed by atoms with Gasteiger partial charge in [-0.15, -0.1) is 0 Å². The van der Waals surface area contributed by atoms with Crippen molar-refractivity contribution in [3.8, 4) is 17.1 Å². The molecule has 1 heterocycles. The van der Waals surface area contributed by atoms with E-state index in [0.717, 1.165) is 0 Å². The van der Waals surface area contributed by atoms with E-state index in [0.29, 0.717) is 28.1 Å². The molecule has 18 heavy (non-hydrogen) atoms. The van der Waals surface area contributed by atoms with E-state index in [2.05, 4.69) is 9.97 Å². The van der Waals surface area contributed by atoms with Crippen LogP contribution >= 0.6 is 0 Å². The zero-order valence-electron chi connectivity index (χ0n) is 9.31. The molecule has 1 aromatic heterocycles. The third-order valence-corrected chi connectivity index (χ3v) is 2.73. The summed E-state index contributed by atoms with van der Waals surface area (Å²) >= 11 is 0. The van der Waals surface area contributed by atoms with Gasteiger partial charge < -0.3 is 15.8 Å². The van der Waals surface area contributed by atoms with E-state index < -0.39 is 0 Å². The summed E-state index contributed by atoms with van der Waals surface area (Å²) in [5.41, 5.74) is 8.12. The molecule has 0 saturated carbocycles. The Balaban J connectivity index is 2.19. The molecule has 3 rings (SSSR count). The van der Waals surface area contributed by atoms with E-state index >= 15 is 0 Å². The minimum absolute atomic E-state index is 0.157.